The van der Waals surface area contributed by atoms with Gasteiger partial charge < -0.3 is 0 Å². The SMILES string of the molecule is Brc1ccc(-c2nnn(Cc3cccc4cccnc34)n2)cc1. The Morgan fingerprint density at radius 2 is 1.78 bits per heavy atom. The van der Waals surface area contributed by atoms with Gasteiger partial charge in [-0.2, -0.15) is 4.80 Å². The van der Waals surface area contributed by atoms with Crippen LogP contribution < -0.4 is 0 Å². The zero-order valence-electron chi connectivity index (χ0n) is 12.1. The fourth-order valence-electron chi connectivity index (χ4n) is 2.47. The van der Waals surface area contributed by atoms with Gasteiger partial charge in [0.1, 0.15) is 0 Å². The number of rotatable bonds is 3. The number of pyridine rings is 1. The minimum atomic E-state index is 0.540. The first-order valence-electron chi connectivity index (χ1n) is 7.16. The summed E-state index contributed by atoms with van der Waals surface area (Å²) in [6.45, 7) is 0.540. The van der Waals surface area contributed by atoms with E-state index in [1.807, 2.05) is 54.6 Å². The van der Waals surface area contributed by atoms with Gasteiger partial charge in [0.15, 0.2) is 0 Å². The highest BCUT2D eigenvalue weighted by atomic mass is 79.9. The van der Waals surface area contributed by atoms with Crippen LogP contribution in [0.5, 0.6) is 0 Å². The quantitative estimate of drug-likeness (QED) is 0.555. The molecule has 5 nitrogen and oxygen atoms in total. The van der Waals surface area contributed by atoms with Crippen LogP contribution in [0.25, 0.3) is 22.3 Å². The smallest absolute Gasteiger partial charge is 0.204 e. The Morgan fingerprint density at radius 1 is 0.957 bits per heavy atom. The van der Waals surface area contributed by atoms with Gasteiger partial charge in [-0.15, -0.1) is 10.2 Å². The highest BCUT2D eigenvalue weighted by molar-refractivity contribution is 9.10. The summed E-state index contributed by atoms with van der Waals surface area (Å²) < 4.78 is 1.02. The van der Waals surface area contributed by atoms with E-state index in [2.05, 4.69) is 36.3 Å². The molecular weight excluding hydrogens is 354 g/mol. The van der Waals surface area contributed by atoms with Crippen LogP contribution in [0.1, 0.15) is 5.56 Å². The van der Waals surface area contributed by atoms with Gasteiger partial charge in [0.05, 0.1) is 12.1 Å². The molecular formula is C17H12BrN5. The van der Waals surface area contributed by atoms with Crippen LogP contribution in [0.4, 0.5) is 0 Å². The van der Waals surface area contributed by atoms with Crippen LogP contribution in [-0.4, -0.2) is 25.2 Å². The predicted molar refractivity (Wildman–Crippen MR) is 91.8 cm³/mol. The van der Waals surface area contributed by atoms with Crippen molar-refractivity contribution in [3.63, 3.8) is 0 Å². The van der Waals surface area contributed by atoms with Gasteiger partial charge >= 0.3 is 0 Å². The molecule has 0 aliphatic heterocycles. The monoisotopic (exact) mass is 365 g/mol. The molecule has 0 amide bonds. The molecule has 0 N–H and O–H groups in total. The van der Waals surface area contributed by atoms with Crippen LogP contribution in [0.15, 0.2) is 65.3 Å². The molecule has 0 spiro atoms. The molecule has 0 aliphatic rings. The summed E-state index contributed by atoms with van der Waals surface area (Å²) in [6.07, 6.45) is 1.80. The molecule has 0 atom stereocenters. The summed E-state index contributed by atoms with van der Waals surface area (Å²) in [6, 6.07) is 17.9. The molecule has 0 saturated heterocycles. The number of benzene rings is 2. The average Bonchev–Trinajstić information content (AvgIpc) is 3.04. The summed E-state index contributed by atoms with van der Waals surface area (Å²) in [5.74, 6) is 0.616. The first-order chi connectivity index (χ1) is 11.3. The topological polar surface area (TPSA) is 56.5 Å². The van der Waals surface area contributed by atoms with Gasteiger partial charge in [-0.25, -0.2) is 0 Å². The van der Waals surface area contributed by atoms with Crippen molar-refractivity contribution in [3.8, 4) is 11.4 Å². The lowest BCUT2D eigenvalue weighted by Gasteiger charge is -2.04. The molecule has 112 valence electrons. The third kappa shape index (κ3) is 2.85. The maximum absolute atomic E-state index is 4.46. The number of halogens is 1. The zero-order valence-corrected chi connectivity index (χ0v) is 13.7. The molecule has 0 aliphatic carbocycles. The van der Waals surface area contributed by atoms with Crippen molar-refractivity contribution in [1.82, 2.24) is 25.2 Å². The fraction of sp³-hybridized carbons (Fsp3) is 0.0588. The first kappa shape index (κ1) is 14.0. The molecule has 0 fully saturated rings. The number of hydrogen-bond acceptors (Lipinski definition) is 4. The Labute approximate surface area is 141 Å². The molecule has 4 rings (SSSR count). The van der Waals surface area contributed by atoms with Crippen LogP contribution in [0.2, 0.25) is 0 Å². The molecule has 0 radical (unpaired) electrons. The van der Waals surface area contributed by atoms with Crippen LogP contribution in [-0.2, 0) is 6.54 Å². The summed E-state index contributed by atoms with van der Waals surface area (Å²) >= 11 is 3.42. The summed E-state index contributed by atoms with van der Waals surface area (Å²) in [4.78, 5) is 6.06. The lowest BCUT2D eigenvalue weighted by atomic mass is 10.1. The molecule has 2 aromatic heterocycles. The molecule has 4 aromatic rings. The number of fused-ring (bicyclic) bond motifs is 1. The average molecular weight is 366 g/mol. The van der Waals surface area contributed by atoms with Gasteiger partial charge in [0, 0.05) is 27.2 Å². The number of nitrogens with zero attached hydrogens (tertiary/aromatic N) is 5. The van der Waals surface area contributed by atoms with Crippen molar-refractivity contribution in [2.24, 2.45) is 0 Å². The molecule has 0 saturated carbocycles. The van der Waals surface area contributed by atoms with E-state index in [1.54, 1.807) is 11.0 Å². The Hall–Kier alpha value is -2.60. The van der Waals surface area contributed by atoms with Crippen molar-refractivity contribution in [2.45, 2.75) is 6.54 Å². The van der Waals surface area contributed by atoms with Crippen LogP contribution in [0.3, 0.4) is 0 Å². The Balaban J connectivity index is 1.66. The van der Waals surface area contributed by atoms with Crippen LogP contribution in [0, 0.1) is 0 Å². The maximum atomic E-state index is 4.46. The van der Waals surface area contributed by atoms with E-state index < -0.39 is 0 Å². The first-order valence-corrected chi connectivity index (χ1v) is 7.95. The van der Waals surface area contributed by atoms with E-state index in [0.29, 0.717) is 12.4 Å². The number of tetrazole rings is 1. The third-order valence-corrected chi connectivity index (χ3v) is 4.11. The predicted octanol–water partition coefficient (Wildman–Crippen LogP) is 3.70. The van der Waals surface area contributed by atoms with Crippen molar-refractivity contribution in [2.75, 3.05) is 0 Å². The second kappa shape index (κ2) is 5.89. The number of para-hydroxylation sites is 1. The van der Waals surface area contributed by atoms with Crippen molar-refractivity contribution in [3.05, 3.63) is 70.8 Å². The van der Waals surface area contributed by atoms with Gasteiger partial charge in [-0.3, -0.25) is 4.98 Å². The van der Waals surface area contributed by atoms with Gasteiger partial charge in [0.25, 0.3) is 0 Å². The second-order valence-corrected chi connectivity index (χ2v) is 6.06. The highest BCUT2D eigenvalue weighted by Crippen LogP contribution is 2.19. The molecule has 0 bridgehead atoms. The maximum Gasteiger partial charge on any atom is 0.204 e. The normalized spacial score (nSPS) is 11.0. The molecule has 23 heavy (non-hydrogen) atoms. The van der Waals surface area contributed by atoms with E-state index in [0.717, 1.165) is 26.5 Å². The zero-order chi connectivity index (χ0) is 15.6. The number of hydrogen-bond donors (Lipinski definition) is 0. The number of aromatic nitrogens is 5. The lowest BCUT2D eigenvalue weighted by Crippen LogP contribution is -2.05. The fourth-order valence-corrected chi connectivity index (χ4v) is 2.74. The van der Waals surface area contributed by atoms with Crippen molar-refractivity contribution >= 4 is 26.8 Å². The van der Waals surface area contributed by atoms with E-state index in [1.165, 1.54) is 0 Å². The highest BCUT2D eigenvalue weighted by Gasteiger charge is 2.08. The minimum Gasteiger partial charge on any atom is -0.256 e. The summed E-state index contributed by atoms with van der Waals surface area (Å²) in [5.41, 5.74) is 2.98. The minimum absolute atomic E-state index is 0.540. The van der Waals surface area contributed by atoms with Crippen molar-refractivity contribution < 1.29 is 0 Å². The van der Waals surface area contributed by atoms with E-state index >= 15 is 0 Å². The van der Waals surface area contributed by atoms with Crippen LogP contribution >= 0.6 is 15.9 Å². The molecule has 6 heteroatoms. The van der Waals surface area contributed by atoms with Gasteiger partial charge in [-0.05, 0) is 35.5 Å². The Kier molecular flexibility index (Phi) is 3.59. The lowest BCUT2D eigenvalue weighted by molar-refractivity contribution is 0.574. The second-order valence-electron chi connectivity index (χ2n) is 5.14. The summed E-state index contributed by atoms with van der Waals surface area (Å²) in [7, 11) is 0. The molecule has 2 aromatic carbocycles. The van der Waals surface area contributed by atoms with Gasteiger partial charge in [0.2, 0.25) is 5.82 Å². The third-order valence-electron chi connectivity index (χ3n) is 3.58. The largest absolute Gasteiger partial charge is 0.256 e. The standard InChI is InChI=1S/C17H12BrN5/c18-15-8-6-13(7-9-15)17-20-22-23(21-17)11-14-4-1-3-12-5-2-10-19-16(12)14/h1-10H,11H2. The molecule has 2 heterocycles. The Bertz CT molecular complexity index is 957. The van der Waals surface area contributed by atoms with E-state index in [4.69, 9.17) is 0 Å². The van der Waals surface area contributed by atoms with Crippen molar-refractivity contribution in [1.29, 1.82) is 0 Å². The molecule has 0 unspecified atom stereocenters. The van der Waals surface area contributed by atoms with Gasteiger partial charge in [-0.1, -0.05) is 40.2 Å². The Morgan fingerprint density at radius 3 is 2.65 bits per heavy atom. The van der Waals surface area contributed by atoms with E-state index in [9.17, 15) is 0 Å². The van der Waals surface area contributed by atoms with E-state index in [-0.39, 0.29) is 0 Å². The summed E-state index contributed by atoms with van der Waals surface area (Å²) in [5, 5.41) is 13.9.